The Morgan fingerprint density at radius 2 is 1.76 bits per heavy atom. The number of hydrogen-bond acceptors (Lipinski definition) is 5. The van der Waals surface area contributed by atoms with Crippen LogP contribution in [0.2, 0.25) is 0 Å². The third-order valence-electron chi connectivity index (χ3n) is 5.43. The number of nitrogens with zero attached hydrogens (tertiary/aromatic N) is 4. The standard InChI is InChI=1S/C25H21N5OS2/c1-16-13-19(17(2)29(16)20-11-7-4-8-12-20)14-21-22(26)30-24(27-23(21)31)33-25(28-30)32-15-18-9-5-3-6-10-18/h3-14,26H,15H2,1-2H3/b21-14-,26-22?. The molecule has 0 atom stereocenters. The maximum absolute atomic E-state index is 12.8. The van der Waals surface area contributed by atoms with Gasteiger partial charge in [-0.05, 0) is 61.0 Å². The van der Waals surface area contributed by atoms with Crippen molar-refractivity contribution in [3.05, 3.63) is 94.8 Å². The molecule has 0 bridgehead atoms. The number of nitrogens with one attached hydrogen (secondary N) is 1. The van der Waals surface area contributed by atoms with Gasteiger partial charge in [0.1, 0.15) is 0 Å². The first-order chi connectivity index (χ1) is 16.0. The number of rotatable bonds is 4. The second-order valence-corrected chi connectivity index (χ2v) is 9.84. The van der Waals surface area contributed by atoms with Crippen LogP contribution in [-0.4, -0.2) is 30.9 Å². The summed E-state index contributed by atoms with van der Waals surface area (Å²) in [4.78, 5) is 17.0. The van der Waals surface area contributed by atoms with Crippen molar-refractivity contribution in [1.82, 2.24) is 9.58 Å². The SMILES string of the molecule is Cc1cc(/C=C2/C(=N)N3N=C(SCc4ccccc4)SC3=NC2=O)c(C)n1-c1ccccc1. The summed E-state index contributed by atoms with van der Waals surface area (Å²) in [6.07, 6.45) is 1.75. The summed E-state index contributed by atoms with van der Waals surface area (Å²) in [5, 5.41) is 15.1. The van der Waals surface area contributed by atoms with Crippen LogP contribution in [-0.2, 0) is 10.5 Å². The Morgan fingerprint density at radius 1 is 1.06 bits per heavy atom. The number of carbonyl (C=O) groups is 1. The molecule has 0 unspecified atom stereocenters. The molecule has 2 aliphatic rings. The molecule has 3 heterocycles. The van der Waals surface area contributed by atoms with Gasteiger partial charge in [-0.1, -0.05) is 60.3 Å². The molecule has 1 aromatic heterocycles. The van der Waals surface area contributed by atoms with Crippen molar-refractivity contribution in [3.63, 3.8) is 0 Å². The smallest absolute Gasteiger partial charge is 0.283 e. The molecule has 8 heteroatoms. The summed E-state index contributed by atoms with van der Waals surface area (Å²) in [5.74, 6) is 0.411. The highest BCUT2D eigenvalue weighted by molar-refractivity contribution is 8.45. The molecular weight excluding hydrogens is 450 g/mol. The van der Waals surface area contributed by atoms with Crippen molar-refractivity contribution in [3.8, 4) is 5.69 Å². The van der Waals surface area contributed by atoms with Gasteiger partial charge in [0.2, 0.25) is 5.17 Å². The van der Waals surface area contributed by atoms with E-state index in [9.17, 15) is 4.79 Å². The van der Waals surface area contributed by atoms with Crippen molar-refractivity contribution in [1.29, 1.82) is 5.41 Å². The van der Waals surface area contributed by atoms with Crippen molar-refractivity contribution >= 4 is 50.9 Å². The number of para-hydroxylation sites is 1. The van der Waals surface area contributed by atoms with Crippen LogP contribution in [0.3, 0.4) is 0 Å². The highest BCUT2D eigenvalue weighted by Gasteiger charge is 2.36. The van der Waals surface area contributed by atoms with E-state index in [0.29, 0.717) is 5.17 Å². The predicted molar refractivity (Wildman–Crippen MR) is 138 cm³/mol. The molecule has 2 aromatic carbocycles. The van der Waals surface area contributed by atoms with Gasteiger partial charge in [0, 0.05) is 22.8 Å². The minimum absolute atomic E-state index is 0.0531. The number of thioether (sulfide) groups is 2. The molecule has 3 aromatic rings. The van der Waals surface area contributed by atoms with E-state index >= 15 is 0 Å². The van der Waals surface area contributed by atoms with Crippen LogP contribution in [0.4, 0.5) is 0 Å². The Labute approximate surface area is 200 Å². The van der Waals surface area contributed by atoms with E-state index < -0.39 is 5.91 Å². The van der Waals surface area contributed by atoms with E-state index in [1.54, 1.807) is 17.8 Å². The number of aryl methyl sites for hydroxylation is 1. The number of fused-ring (bicyclic) bond motifs is 1. The largest absolute Gasteiger partial charge is 0.318 e. The first kappa shape index (κ1) is 21.5. The average molecular weight is 472 g/mol. The first-order valence-corrected chi connectivity index (χ1v) is 12.2. The number of hydrazone groups is 1. The summed E-state index contributed by atoms with van der Waals surface area (Å²) < 4.78 is 2.92. The van der Waals surface area contributed by atoms with Gasteiger partial charge in [-0.25, -0.2) is 0 Å². The highest BCUT2D eigenvalue weighted by atomic mass is 32.2. The van der Waals surface area contributed by atoms with Gasteiger partial charge in [-0.3, -0.25) is 10.2 Å². The summed E-state index contributed by atoms with van der Waals surface area (Å²) in [6, 6.07) is 22.2. The zero-order valence-corrected chi connectivity index (χ0v) is 19.8. The summed E-state index contributed by atoms with van der Waals surface area (Å²) in [6.45, 7) is 4.05. The fourth-order valence-corrected chi connectivity index (χ4v) is 5.70. The predicted octanol–water partition coefficient (Wildman–Crippen LogP) is 5.60. The molecular formula is C25H21N5OS2. The molecule has 0 spiro atoms. The molecule has 2 aliphatic heterocycles. The van der Waals surface area contributed by atoms with Gasteiger partial charge in [0.25, 0.3) is 5.91 Å². The van der Waals surface area contributed by atoms with Crippen LogP contribution < -0.4 is 0 Å². The van der Waals surface area contributed by atoms with Gasteiger partial charge in [0.05, 0.1) is 5.57 Å². The second kappa shape index (κ2) is 8.88. The number of amides is 1. The Kier molecular flexibility index (Phi) is 5.78. The summed E-state index contributed by atoms with van der Waals surface area (Å²) in [7, 11) is 0. The Morgan fingerprint density at radius 3 is 2.48 bits per heavy atom. The Bertz CT molecular complexity index is 1340. The molecule has 0 saturated carbocycles. The minimum atomic E-state index is -0.409. The Balaban J connectivity index is 1.41. The molecule has 33 heavy (non-hydrogen) atoms. The molecule has 6 nitrogen and oxygen atoms in total. The second-order valence-electron chi connectivity index (χ2n) is 7.66. The van der Waals surface area contributed by atoms with Crippen molar-refractivity contribution in [2.45, 2.75) is 19.6 Å². The number of aliphatic imine (C=N–C) groups is 1. The van der Waals surface area contributed by atoms with Crippen LogP contribution in [0, 0.1) is 19.3 Å². The van der Waals surface area contributed by atoms with Gasteiger partial charge in [-0.2, -0.15) is 10.0 Å². The highest BCUT2D eigenvalue weighted by Crippen LogP contribution is 2.34. The van der Waals surface area contributed by atoms with E-state index in [-0.39, 0.29) is 11.4 Å². The maximum atomic E-state index is 12.8. The molecule has 0 radical (unpaired) electrons. The van der Waals surface area contributed by atoms with Crippen molar-refractivity contribution in [2.75, 3.05) is 0 Å². The normalized spacial score (nSPS) is 16.8. The lowest BCUT2D eigenvalue weighted by molar-refractivity contribution is -0.114. The van der Waals surface area contributed by atoms with Crippen LogP contribution in [0.5, 0.6) is 0 Å². The van der Waals surface area contributed by atoms with Crippen LogP contribution in [0.25, 0.3) is 11.8 Å². The zero-order valence-electron chi connectivity index (χ0n) is 18.1. The fraction of sp³-hybridized carbons (Fsp3) is 0.120. The van der Waals surface area contributed by atoms with Gasteiger partial charge in [-0.15, -0.1) is 5.10 Å². The number of aromatic nitrogens is 1. The van der Waals surface area contributed by atoms with E-state index in [4.69, 9.17) is 5.41 Å². The molecule has 164 valence electrons. The van der Waals surface area contributed by atoms with Crippen molar-refractivity contribution in [2.24, 2.45) is 10.1 Å². The van der Waals surface area contributed by atoms with Crippen LogP contribution in [0.15, 0.2) is 82.4 Å². The lowest BCUT2D eigenvalue weighted by Crippen LogP contribution is -2.35. The molecule has 0 saturated heterocycles. The summed E-state index contributed by atoms with van der Waals surface area (Å²) in [5.41, 5.74) is 5.43. The molecule has 5 rings (SSSR count). The van der Waals surface area contributed by atoms with E-state index in [1.807, 2.05) is 68.4 Å². The van der Waals surface area contributed by atoms with Crippen LogP contribution in [0.1, 0.15) is 22.5 Å². The van der Waals surface area contributed by atoms with E-state index in [0.717, 1.165) is 32.8 Å². The lowest BCUT2D eigenvalue weighted by Gasteiger charge is -2.20. The van der Waals surface area contributed by atoms with Crippen LogP contribution >= 0.6 is 23.5 Å². The zero-order chi connectivity index (χ0) is 22.9. The molecule has 0 aliphatic carbocycles. The minimum Gasteiger partial charge on any atom is -0.318 e. The molecule has 1 N–H and O–H groups in total. The van der Waals surface area contributed by atoms with Gasteiger partial charge >= 0.3 is 0 Å². The fourth-order valence-electron chi connectivity index (χ4n) is 3.82. The Hall–Kier alpha value is -3.36. The third kappa shape index (κ3) is 4.19. The lowest BCUT2D eigenvalue weighted by atomic mass is 10.1. The number of hydrogen-bond donors (Lipinski definition) is 1. The molecule has 0 fully saturated rings. The first-order valence-electron chi connectivity index (χ1n) is 10.4. The van der Waals surface area contributed by atoms with E-state index in [2.05, 4.69) is 26.8 Å². The third-order valence-corrected chi connectivity index (χ3v) is 7.54. The summed E-state index contributed by atoms with van der Waals surface area (Å²) >= 11 is 2.91. The number of benzene rings is 2. The monoisotopic (exact) mass is 471 g/mol. The topological polar surface area (TPSA) is 73.8 Å². The van der Waals surface area contributed by atoms with Crippen molar-refractivity contribution < 1.29 is 4.79 Å². The van der Waals surface area contributed by atoms with E-state index in [1.165, 1.54) is 22.3 Å². The number of carbonyl (C=O) groups excluding carboxylic acids is 1. The maximum Gasteiger partial charge on any atom is 0.283 e. The number of amidine groups is 2. The van der Waals surface area contributed by atoms with Gasteiger partial charge in [0.15, 0.2) is 10.2 Å². The van der Waals surface area contributed by atoms with Gasteiger partial charge < -0.3 is 4.57 Å². The quantitative estimate of drug-likeness (QED) is 0.503. The molecule has 1 amide bonds. The average Bonchev–Trinajstić information content (AvgIpc) is 3.36.